The maximum Gasteiger partial charge on any atom is 0.421 e. The van der Waals surface area contributed by atoms with E-state index in [-0.39, 0.29) is 55.2 Å². The molecule has 2 heterocycles. The number of nitrogens with two attached hydrogens (primary N) is 1. The maximum absolute atomic E-state index is 13.2. The van der Waals surface area contributed by atoms with E-state index in [0.717, 1.165) is 16.0 Å². The van der Waals surface area contributed by atoms with E-state index < -0.39 is 12.1 Å². The van der Waals surface area contributed by atoms with E-state index in [4.69, 9.17) is 20.6 Å². The Balaban J connectivity index is 0.00000441. The fourth-order valence-corrected chi connectivity index (χ4v) is 4.14. The van der Waals surface area contributed by atoms with Gasteiger partial charge in [0.15, 0.2) is 5.78 Å². The molecule has 40 heavy (non-hydrogen) atoms. The minimum Gasteiger partial charge on any atom is -0.465 e. The van der Waals surface area contributed by atoms with Crippen LogP contribution < -0.4 is 15.4 Å². The van der Waals surface area contributed by atoms with Crippen LogP contribution in [0.5, 0.6) is 5.75 Å². The van der Waals surface area contributed by atoms with Gasteiger partial charge >= 0.3 is 12.1 Å². The highest BCUT2D eigenvalue weighted by Gasteiger charge is 2.24. The highest BCUT2D eigenvalue weighted by atomic mass is 35.5. The number of carbonyl (C=O) groups is 3. The van der Waals surface area contributed by atoms with Gasteiger partial charge in [0, 0.05) is 47.9 Å². The number of hydrogen-bond donors (Lipinski definition) is 2. The number of nitrogens with one attached hydrogen (secondary N) is 1. The third-order valence-electron chi connectivity index (χ3n) is 6.11. The van der Waals surface area contributed by atoms with E-state index in [1.54, 1.807) is 61.7 Å². The molecule has 0 fully saturated rings. The molecule has 1 amide bonds. The Kier molecular flexibility index (Phi) is 9.99. The molecule has 2 aromatic heterocycles. The van der Waals surface area contributed by atoms with Gasteiger partial charge in [-0.2, -0.15) is 0 Å². The molecule has 3 N–H and O–H groups in total. The minimum absolute atomic E-state index is 0. The molecule has 11 heteroatoms. The summed E-state index contributed by atoms with van der Waals surface area (Å²) in [4.78, 5) is 43.7. The van der Waals surface area contributed by atoms with Crippen LogP contribution in [0.1, 0.15) is 34.8 Å². The number of amidine groups is 1. The van der Waals surface area contributed by atoms with Gasteiger partial charge in [0.1, 0.15) is 23.9 Å². The summed E-state index contributed by atoms with van der Waals surface area (Å²) < 4.78 is 12.5. The van der Waals surface area contributed by atoms with Crippen LogP contribution in [0.3, 0.4) is 0 Å². The van der Waals surface area contributed by atoms with Crippen LogP contribution in [0.15, 0.2) is 73.1 Å². The van der Waals surface area contributed by atoms with Crippen LogP contribution >= 0.6 is 12.4 Å². The smallest absolute Gasteiger partial charge is 0.421 e. The van der Waals surface area contributed by atoms with Gasteiger partial charge in [-0.3, -0.25) is 15.0 Å². The lowest BCUT2D eigenvalue weighted by Gasteiger charge is -2.20. The molecule has 2 aromatic carbocycles. The number of fused-ring (bicyclic) bond motifs is 1. The average Bonchev–Trinajstić information content (AvgIpc) is 3.26. The zero-order chi connectivity index (χ0) is 27.9. The second-order valence-corrected chi connectivity index (χ2v) is 8.81. The van der Waals surface area contributed by atoms with Crippen LogP contribution in [-0.4, -0.2) is 46.4 Å². The van der Waals surface area contributed by atoms with Gasteiger partial charge in [-0.05, 0) is 49.2 Å². The lowest BCUT2D eigenvalue weighted by atomic mass is 10.0. The minimum atomic E-state index is -0.807. The largest absolute Gasteiger partial charge is 0.465 e. The number of aryl methyl sites for hydroxylation is 2. The van der Waals surface area contributed by atoms with Crippen molar-refractivity contribution in [3.8, 4) is 5.75 Å². The third-order valence-corrected chi connectivity index (χ3v) is 6.11. The van der Waals surface area contributed by atoms with Crippen molar-refractivity contribution in [3.05, 3.63) is 89.7 Å². The van der Waals surface area contributed by atoms with Gasteiger partial charge < -0.3 is 19.8 Å². The number of hydrogen-bond acceptors (Lipinski definition) is 7. The van der Waals surface area contributed by atoms with E-state index >= 15 is 0 Å². The molecular weight excluding hydrogens is 534 g/mol. The van der Waals surface area contributed by atoms with Crippen LogP contribution in [-0.2, 0) is 23.0 Å². The molecule has 10 nitrogen and oxygen atoms in total. The number of esters is 1. The lowest BCUT2D eigenvalue weighted by molar-refractivity contribution is -0.141. The highest BCUT2D eigenvalue weighted by molar-refractivity contribution is 6.08. The molecule has 4 rings (SSSR count). The Bertz CT molecular complexity index is 1520. The molecule has 0 radical (unpaired) electrons. The number of ketones is 1. The summed E-state index contributed by atoms with van der Waals surface area (Å²) in [6, 6.07) is 17.3. The number of ether oxygens (including phenoxy) is 2. The third kappa shape index (κ3) is 7.03. The van der Waals surface area contributed by atoms with Crippen LogP contribution in [0.25, 0.3) is 10.9 Å². The summed E-state index contributed by atoms with van der Waals surface area (Å²) in [6.07, 6.45) is 3.26. The zero-order valence-electron chi connectivity index (χ0n) is 22.1. The Morgan fingerprint density at radius 2 is 1.82 bits per heavy atom. The highest BCUT2D eigenvalue weighted by Crippen LogP contribution is 2.27. The molecule has 0 spiro atoms. The first-order valence-corrected chi connectivity index (χ1v) is 12.4. The molecule has 0 saturated heterocycles. The molecule has 208 valence electrons. The van der Waals surface area contributed by atoms with E-state index in [0.29, 0.717) is 22.9 Å². The summed E-state index contributed by atoms with van der Waals surface area (Å²) >= 11 is 0. The number of anilines is 1. The van der Waals surface area contributed by atoms with Gasteiger partial charge in [0.2, 0.25) is 0 Å². The quantitative estimate of drug-likeness (QED) is 0.124. The summed E-state index contributed by atoms with van der Waals surface area (Å²) in [5, 5.41) is 8.15. The number of rotatable bonds is 10. The Morgan fingerprint density at radius 3 is 2.48 bits per heavy atom. The molecule has 4 aromatic rings. The standard InChI is InChI=1S/C29H29N5O5.ClH/c1-3-38-27(36)18-34(26-6-4-5-15-32-26)29(37)39-21-12-13-24-22(16-21)23(17-33(24)2)25(35)14-9-19-7-10-20(11-8-19)28(30)31;/h4-8,10-13,15-17H,3,9,14,18H2,1-2H3,(H3,30,31);1H. The first-order valence-electron chi connectivity index (χ1n) is 12.4. The Morgan fingerprint density at radius 1 is 1.07 bits per heavy atom. The molecular formula is C29H30ClN5O5. The number of pyridine rings is 1. The molecule has 0 bridgehead atoms. The van der Waals surface area contributed by atoms with Crippen molar-refractivity contribution in [2.24, 2.45) is 12.8 Å². The van der Waals surface area contributed by atoms with Crippen molar-refractivity contribution in [3.63, 3.8) is 0 Å². The van der Waals surface area contributed by atoms with Gasteiger partial charge in [-0.1, -0.05) is 30.3 Å². The van der Waals surface area contributed by atoms with Crippen molar-refractivity contribution < 1.29 is 23.9 Å². The fourth-order valence-electron chi connectivity index (χ4n) is 4.14. The zero-order valence-corrected chi connectivity index (χ0v) is 22.9. The molecule has 0 atom stereocenters. The van der Waals surface area contributed by atoms with Gasteiger partial charge in [-0.25, -0.2) is 14.7 Å². The maximum atomic E-state index is 13.2. The molecule has 0 saturated carbocycles. The number of Topliss-reactive ketones (excluding diaryl/α,β-unsaturated/α-hetero) is 1. The first kappa shape index (κ1) is 29.9. The topological polar surface area (TPSA) is 141 Å². The van der Waals surface area contributed by atoms with E-state index in [1.165, 1.54) is 6.20 Å². The molecule has 0 aliphatic heterocycles. The predicted octanol–water partition coefficient (Wildman–Crippen LogP) is 4.66. The van der Waals surface area contributed by atoms with Gasteiger partial charge in [0.05, 0.1) is 6.61 Å². The number of benzene rings is 2. The van der Waals surface area contributed by atoms with Gasteiger partial charge in [0.25, 0.3) is 0 Å². The summed E-state index contributed by atoms with van der Waals surface area (Å²) in [7, 11) is 1.84. The van der Waals surface area contributed by atoms with Crippen molar-refractivity contribution in [2.45, 2.75) is 19.8 Å². The average molecular weight is 564 g/mol. The SMILES string of the molecule is CCOC(=O)CN(C(=O)Oc1ccc2c(c1)c(C(=O)CCc1ccc(C(=N)N)cc1)cn2C)c1ccccn1.Cl. The summed E-state index contributed by atoms with van der Waals surface area (Å²) in [6.45, 7) is 1.49. The van der Waals surface area contributed by atoms with Gasteiger partial charge in [-0.15, -0.1) is 12.4 Å². The number of nitrogens with zero attached hydrogens (tertiary/aromatic N) is 3. The first-order chi connectivity index (χ1) is 18.8. The predicted molar refractivity (Wildman–Crippen MR) is 155 cm³/mol. The summed E-state index contributed by atoms with van der Waals surface area (Å²) in [5.41, 5.74) is 8.41. The second-order valence-electron chi connectivity index (χ2n) is 8.81. The van der Waals surface area contributed by atoms with Crippen LogP contribution in [0, 0.1) is 5.41 Å². The van der Waals surface area contributed by atoms with E-state index in [1.807, 2.05) is 23.7 Å². The number of amides is 1. The number of halogens is 1. The van der Waals surface area contributed by atoms with Crippen molar-refractivity contribution in [1.29, 1.82) is 5.41 Å². The number of carbonyl (C=O) groups excluding carboxylic acids is 3. The second kappa shape index (κ2) is 13.4. The Labute approximate surface area is 237 Å². The summed E-state index contributed by atoms with van der Waals surface area (Å²) in [5.74, 6) is -0.200. The Hall–Kier alpha value is -4.70. The van der Waals surface area contributed by atoms with E-state index in [2.05, 4.69) is 4.98 Å². The van der Waals surface area contributed by atoms with Crippen molar-refractivity contribution in [2.75, 3.05) is 18.1 Å². The van der Waals surface area contributed by atoms with Crippen molar-refractivity contribution >= 4 is 52.8 Å². The normalized spacial score (nSPS) is 10.4. The van der Waals surface area contributed by atoms with Crippen LogP contribution in [0.2, 0.25) is 0 Å². The molecule has 0 aliphatic rings. The van der Waals surface area contributed by atoms with Crippen molar-refractivity contribution in [1.82, 2.24) is 9.55 Å². The van der Waals surface area contributed by atoms with E-state index in [9.17, 15) is 14.4 Å². The van der Waals surface area contributed by atoms with Crippen LogP contribution in [0.4, 0.5) is 10.6 Å². The molecule has 0 unspecified atom stereocenters. The number of aromatic nitrogens is 2. The number of nitrogen functional groups attached to an aromatic ring is 1. The monoisotopic (exact) mass is 563 g/mol. The fraction of sp³-hybridized carbons (Fsp3) is 0.207. The lowest BCUT2D eigenvalue weighted by Crippen LogP contribution is -2.39. The molecule has 0 aliphatic carbocycles.